The molecule has 0 aromatic carbocycles. The van der Waals surface area contributed by atoms with E-state index < -0.39 is 12.2 Å². The van der Waals surface area contributed by atoms with Gasteiger partial charge in [-0.1, -0.05) is 0 Å². The van der Waals surface area contributed by atoms with Crippen molar-refractivity contribution in [2.45, 2.75) is 25.0 Å². The van der Waals surface area contributed by atoms with Crippen LogP contribution in [0.4, 0.5) is 0 Å². The molecule has 4 N–H and O–H groups in total. The van der Waals surface area contributed by atoms with Crippen molar-refractivity contribution in [3.63, 3.8) is 0 Å². The molecule has 0 aliphatic rings. The minimum atomic E-state index is -0.946. The van der Waals surface area contributed by atoms with Gasteiger partial charge in [0.1, 0.15) is 6.10 Å². The first kappa shape index (κ1) is 12.8. The molecule has 13 heavy (non-hydrogen) atoms. The molecule has 0 saturated carbocycles. The van der Waals surface area contributed by atoms with E-state index >= 15 is 0 Å². The molecule has 0 heterocycles. The number of hydrogen-bond donors (Lipinski definition) is 4. The predicted molar refractivity (Wildman–Crippen MR) is 46.2 cm³/mol. The molecule has 0 aliphatic carbocycles. The van der Waals surface area contributed by atoms with Gasteiger partial charge in [-0.3, -0.25) is 0 Å². The van der Waals surface area contributed by atoms with Crippen LogP contribution in [-0.2, 0) is 4.74 Å². The lowest BCUT2D eigenvalue weighted by Crippen LogP contribution is -2.31. The van der Waals surface area contributed by atoms with E-state index in [1.54, 1.807) is 0 Å². The zero-order valence-electron chi connectivity index (χ0n) is 7.59. The van der Waals surface area contributed by atoms with Crippen LogP contribution in [0.1, 0.15) is 12.8 Å². The van der Waals surface area contributed by atoms with E-state index in [0.29, 0.717) is 12.8 Å². The smallest absolute Gasteiger partial charge is 0.103 e. The Balaban J connectivity index is 3.38. The molecule has 0 rings (SSSR count). The Morgan fingerprint density at radius 3 is 2.23 bits per heavy atom. The third-order valence-corrected chi connectivity index (χ3v) is 1.63. The van der Waals surface area contributed by atoms with E-state index in [0.717, 1.165) is 0 Å². The highest BCUT2D eigenvalue weighted by atomic mass is 16.5. The number of hydrogen-bond acceptors (Lipinski definition) is 5. The minimum absolute atomic E-state index is 0.00127. The third kappa shape index (κ3) is 6.92. The van der Waals surface area contributed by atoms with Crippen LogP contribution < -0.4 is 0 Å². The van der Waals surface area contributed by atoms with Gasteiger partial charge in [-0.2, -0.15) is 0 Å². The Kier molecular flexibility index (Phi) is 8.27. The van der Waals surface area contributed by atoms with Crippen molar-refractivity contribution in [3.05, 3.63) is 0 Å². The van der Waals surface area contributed by atoms with Crippen LogP contribution in [0, 0.1) is 0 Å². The third-order valence-electron chi connectivity index (χ3n) is 1.63. The van der Waals surface area contributed by atoms with Crippen LogP contribution in [0.15, 0.2) is 0 Å². The van der Waals surface area contributed by atoms with Crippen LogP contribution >= 0.6 is 0 Å². The average Bonchev–Trinajstić information content (AvgIpc) is 2.14. The van der Waals surface area contributed by atoms with Crippen molar-refractivity contribution in [2.75, 3.05) is 26.4 Å². The summed E-state index contributed by atoms with van der Waals surface area (Å²) >= 11 is 0. The predicted octanol–water partition coefficient (Wildman–Crippen LogP) is -1.51. The lowest BCUT2D eigenvalue weighted by Gasteiger charge is -2.16. The highest BCUT2D eigenvalue weighted by molar-refractivity contribution is 4.66. The lowest BCUT2D eigenvalue weighted by atomic mass is 10.1. The summed E-state index contributed by atoms with van der Waals surface area (Å²) in [5.41, 5.74) is 0. The number of aliphatic hydroxyl groups is 4. The molecule has 0 amide bonds. The van der Waals surface area contributed by atoms with E-state index in [2.05, 4.69) is 0 Å². The van der Waals surface area contributed by atoms with Crippen molar-refractivity contribution < 1.29 is 25.2 Å². The SMILES string of the molecule is OCCCC(O)C(O)COCCO. The fraction of sp³-hybridized carbons (Fsp3) is 1.00. The van der Waals surface area contributed by atoms with E-state index in [1.165, 1.54) is 0 Å². The second kappa shape index (κ2) is 8.40. The molecule has 0 spiro atoms. The molecule has 5 heteroatoms. The van der Waals surface area contributed by atoms with Crippen molar-refractivity contribution in [2.24, 2.45) is 0 Å². The Bertz CT molecular complexity index is 109. The topological polar surface area (TPSA) is 90.2 Å². The first-order valence-corrected chi connectivity index (χ1v) is 4.38. The van der Waals surface area contributed by atoms with Gasteiger partial charge in [0.2, 0.25) is 0 Å². The highest BCUT2D eigenvalue weighted by Crippen LogP contribution is 2.02. The molecule has 0 aromatic rings. The first-order chi connectivity index (χ1) is 6.22. The fourth-order valence-electron chi connectivity index (χ4n) is 0.873. The van der Waals surface area contributed by atoms with E-state index in [4.69, 9.17) is 14.9 Å². The Hall–Kier alpha value is -0.200. The molecular formula is C8H18O5. The fourth-order valence-corrected chi connectivity index (χ4v) is 0.873. The van der Waals surface area contributed by atoms with Crippen LogP contribution in [0.2, 0.25) is 0 Å². The Labute approximate surface area is 77.6 Å². The van der Waals surface area contributed by atoms with Crippen LogP contribution in [0.3, 0.4) is 0 Å². The highest BCUT2D eigenvalue weighted by Gasteiger charge is 2.15. The van der Waals surface area contributed by atoms with Gasteiger partial charge in [0.05, 0.1) is 25.9 Å². The van der Waals surface area contributed by atoms with Gasteiger partial charge < -0.3 is 25.2 Å². The number of aliphatic hydroxyl groups excluding tert-OH is 4. The summed E-state index contributed by atoms with van der Waals surface area (Å²) in [6, 6.07) is 0. The zero-order chi connectivity index (χ0) is 10.1. The van der Waals surface area contributed by atoms with Gasteiger partial charge in [-0.05, 0) is 12.8 Å². The van der Waals surface area contributed by atoms with Crippen molar-refractivity contribution in [1.82, 2.24) is 0 Å². The average molecular weight is 194 g/mol. The molecule has 5 nitrogen and oxygen atoms in total. The second-order valence-corrected chi connectivity index (χ2v) is 2.80. The summed E-state index contributed by atoms with van der Waals surface area (Å²) in [5.74, 6) is 0. The summed E-state index contributed by atoms with van der Waals surface area (Å²) in [6.07, 6.45) is -1.01. The van der Waals surface area contributed by atoms with E-state index in [1.807, 2.05) is 0 Å². The quantitative estimate of drug-likeness (QED) is 0.353. The van der Waals surface area contributed by atoms with Crippen LogP contribution in [0.5, 0.6) is 0 Å². The van der Waals surface area contributed by atoms with Gasteiger partial charge in [-0.25, -0.2) is 0 Å². The zero-order valence-corrected chi connectivity index (χ0v) is 7.59. The summed E-state index contributed by atoms with van der Waals surface area (Å²) in [4.78, 5) is 0. The minimum Gasteiger partial charge on any atom is -0.396 e. The molecule has 0 aliphatic heterocycles. The van der Waals surface area contributed by atoms with Crippen LogP contribution in [-0.4, -0.2) is 59.1 Å². The lowest BCUT2D eigenvalue weighted by molar-refractivity contribution is -0.0471. The summed E-state index contributed by atoms with van der Waals surface area (Å²) in [7, 11) is 0. The van der Waals surface area contributed by atoms with Gasteiger partial charge in [0.25, 0.3) is 0 Å². The summed E-state index contributed by atoms with van der Waals surface area (Å²) in [5, 5.41) is 35.3. The standard InChI is InChI=1S/C8H18O5/c9-3-1-2-7(11)8(12)6-13-5-4-10/h7-12H,1-6H2. The first-order valence-electron chi connectivity index (χ1n) is 4.38. The maximum absolute atomic E-state index is 9.24. The molecular weight excluding hydrogens is 176 g/mol. The van der Waals surface area contributed by atoms with E-state index in [9.17, 15) is 10.2 Å². The number of ether oxygens (including phenoxy) is 1. The number of rotatable bonds is 8. The second-order valence-electron chi connectivity index (χ2n) is 2.80. The molecule has 0 aromatic heterocycles. The molecule has 0 radical (unpaired) electrons. The molecule has 0 bridgehead atoms. The molecule has 2 atom stereocenters. The van der Waals surface area contributed by atoms with E-state index in [-0.39, 0.29) is 26.4 Å². The Morgan fingerprint density at radius 2 is 1.69 bits per heavy atom. The molecule has 0 saturated heterocycles. The maximum Gasteiger partial charge on any atom is 0.103 e. The van der Waals surface area contributed by atoms with Crippen LogP contribution in [0.25, 0.3) is 0 Å². The van der Waals surface area contributed by atoms with Crippen molar-refractivity contribution in [3.8, 4) is 0 Å². The summed E-state index contributed by atoms with van der Waals surface area (Å²) < 4.78 is 4.82. The van der Waals surface area contributed by atoms with Gasteiger partial charge in [0, 0.05) is 6.61 Å². The summed E-state index contributed by atoms with van der Waals surface area (Å²) in [6.45, 7) is 0.0671. The molecule has 0 fully saturated rings. The molecule has 2 unspecified atom stereocenters. The monoisotopic (exact) mass is 194 g/mol. The van der Waals surface area contributed by atoms with Gasteiger partial charge >= 0.3 is 0 Å². The van der Waals surface area contributed by atoms with Gasteiger partial charge in [0.15, 0.2) is 0 Å². The van der Waals surface area contributed by atoms with Gasteiger partial charge in [-0.15, -0.1) is 0 Å². The maximum atomic E-state index is 9.24. The van der Waals surface area contributed by atoms with Crippen molar-refractivity contribution >= 4 is 0 Å². The van der Waals surface area contributed by atoms with Crippen molar-refractivity contribution in [1.29, 1.82) is 0 Å². The normalized spacial score (nSPS) is 15.7. The molecule has 80 valence electrons. The Morgan fingerprint density at radius 1 is 1.00 bits per heavy atom. The largest absolute Gasteiger partial charge is 0.396 e.